The van der Waals surface area contributed by atoms with Gasteiger partial charge in [-0.05, 0) is 41.0 Å². The minimum Gasteiger partial charge on any atom is -0.755 e. The topological polar surface area (TPSA) is 124 Å². The first-order valence-electron chi connectivity index (χ1n) is 8.13. The molecule has 146 valence electrons. The summed E-state index contributed by atoms with van der Waals surface area (Å²) in [6, 6.07) is 19.4. The first kappa shape index (κ1) is 20.2. The molecule has 0 radical (unpaired) electrons. The summed E-state index contributed by atoms with van der Waals surface area (Å²) >= 11 is -2.79. The highest BCUT2D eigenvalue weighted by atomic mass is 32.2. The van der Waals surface area contributed by atoms with Crippen LogP contribution in [0.3, 0.4) is 0 Å². The molecule has 3 N–H and O–H groups in total. The molecule has 0 aromatic heterocycles. The molecule has 0 aliphatic carbocycles. The highest BCUT2D eigenvalue weighted by Gasteiger charge is 2.20. The molecule has 3 rings (SSSR count). The van der Waals surface area contributed by atoms with Gasteiger partial charge >= 0.3 is 0 Å². The van der Waals surface area contributed by atoms with Crippen molar-refractivity contribution in [1.29, 1.82) is 0 Å². The summed E-state index contributed by atoms with van der Waals surface area (Å²) in [6.45, 7) is -0.0758. The number of anilines is 2. The lowest BCUT2D eigenvalue weighted by atomic mass is 10.0. The van der Waals surface area contributed by atoms with Crippen molar-refractivity contribution < 1.29 is 22.3 Å². The molecule has 7 nitrogen and oxygen atoms in total. The molecule has 0 aliphatic rings. The van der Waals surface area contributed by atoms with Crippen LogP contribution in [0.25, 0.3) is 11.1 Å². The van der Waals surface area contributed by atoms with Gasteiger partial charge in [-0.3, -0.25) is 8.51 Å². The van der Waals surface area contributed by atoms with Crippen LogP contribution in [0.4, 0.5) is 11.4 Å². The molecule has 3 aromatic carbocycles. The maximum atomic E-state index is 12.0. The van der Waals surface area contributed by atoms with Gasteiger partial charge < -0.3 is 9.66 Å². The number of nitrogens with two attached hydrogens (primary N) is 1. The third-order valence-corrected chi connectivity index (χ3v) is 5.75. The van der Waals surface area contributed by atoms with Gasteiger partial charge in [0, 0.05) is 0 Å². The standard InChI is InChI=1S/C19H18N2O5S2/c20-28(25,26)19-7-2-1-6-18(19)21(27(23)24)17-5-3-4-16(12-17)15-10-8-14(13-22)9-11-15/h1-12,22H,13H2,(H,23,24)(H2,20,25,26)/p-1. The van der Waals surface area contributed by atoms with Gasteiger partial charge in [-0.2, -0.15) is 0 Å². The van der Waals surface area contributed by atoms with Gasteiger partial charge in [-0.1, -0.05) is 48.5 Å². The summed E-state index contributed by atoms with van der Waals surface area (Å²) in [7, 11) is -4.13. The van der Waals surface area contributed by atoms with Crippen molar-refractivity contribution in [1.82, 2.24) is 0 Å². The van der Waals surface area contributed by atoms with Crippen LogP contribution in [-0.2, 0) is 27.9 Å². The monoisotopic (exact) mass is 417 g/mol. The van der Waals surface area contributed by atoms with Crippen molar-refractivity contribution in [3.63, 3.8) is 0 Å². The van der Waals surface area contributed by atoms with E-state index in [1.807, 2.05) is 0 Å². The number of rotatable bonds is 6. The summed E-state index contributed by atoms with van der Waals surface area (Å²) in [4.78, 5) is -0.295. The Labute approximate surface area is 165 Å². The second-order valence-corrected chi connectivity index (χ2v) is 8.26. The van der Waals surface area contributed by atoms with Crippen molar-refractivity contribution >= 4 is 32.7 Å². The Morgan fingerprint density at radius 2 is 1.64 bits per heavy atom. The quantitative estimate of drug-likeness (QED) is 0.596. The summed E-state index contributed by atoms with van der Waals surface area (Å²) < 4.78 is 48.6. The van der Waals surface area contributed by atoms with E-state index >= 15 is 0 Å². The Morgan fingerprint density at radius 1 is 0.964 bits per heavy atom. The molecule has 0 saturated carbocycles. The third kappa shape index (κ3) is 4.29. The number of sulfonamides is 1. The van der Waals surface area contributed by atoms with Crippen LogP contribution in [0, 0.1) is 0 Å². The molecule has 0 heterocycles. The van der Waals surface area contributed by atoms with E-state index in [2.05, 4.69) is 0 Å². The fourth-order valence-electron chi connectivity index (χ4n) is 2.79. The number of aliphatic hydroxyl groups excluding tert-OH is 1. The smallest absolute Gasteiger partial charge is 0.240 e. The largest absolute Gasteiger partial charge is 0.755 e. The van der Waals surface area contributed by atoms with E-state index in [9.17, 15) is 17.2 Å². The predicted molar refractivity (Wildman–Crippen MR) is 107 cm³/mol. The highest BCUT2D eigenvalue weighted by molar-refractivity contribution is 7.89. The van der Waals surface area contributed by atoms with Crippen molar-refractivity contribution in [3.8, 4) is 11.1 Å². The number of hydrogen-bond donors (Lipinski definition) is 2. The summed E-state index contributed by atoms with van der Waals surface area (Å²) in [5.74, 6) is 0. The average Bonchev–Trinajstić information content (AvgIpc) is 2.68. The second kappa shape index (κ2) is 8.21. The SMILES string of the molecule is NS(=O)(=O)c1ccccc1N(c1cccc(-c2ccc(CO)cc2)c1)S(=O)[O-]. The van der Waals surface area contributed by atoms with Gasteiger partial charge in [0.05, 0.1) is 29.2 Å². The predicted octanol–water partition coefficient (Wildman–Crippen LogP) is 2.43. The average molecular weight is 417 g/mol. The van der Waals surface area contributed by atoms with Crippen molar-refractivity contribution in [3.05, 3.63) is 78.4 Å². The normalized spacial score (nSPS) is 12.5. The fraction of sp³-hybridized carbons (Fsp3) is 0.0526. The minimum absolute atomic E-state index is 0.0638. The molecule has 0 saturated heterocycles. The molecule has 9 heteroatoms. The zero-order chi connectivity index (χ0) is 20.3. The lowest BCUT2D eigenvalue weighted by molar-refractivity contribution is 0.282. The summed E-state index contributed by atoms with van der Waals surface area (Å²) in [6.07, 6.45) is 0. The van der Waals surface area contributed by atoms with Crippen LogP contribution >= 0.6 is 0 Å². The van der Waals surface area contributed by atoms with Gasteiger partial charge in [0.1, 0.15) is 4.90 Å². The third-order valence-electron chi connectivity index (χ3n) is 4.09. The molecule has 0 bridgehead atoms. The molecular formula is C19H17N2O5S2-. The Morgan fingerprint density at radius 3 is 2.25 bits per heavy atom. The van der Waals surface area contributed by atoms with E-state index in [0.29, 0.717) is 0 Å². The van der Waals surface area contributed by atoms with E-state index < -0.39 is 21.3 Å². The maximum absolute atomic E-state index is 12.0. The zero-order valence-electron chi connectivity index (χ0n) is 14.6. The van der Waals surface area contributed by atoms with Crippen LogP contribution in [0.2, 0.25) is 0 Å². The van der Waals surface area contributed by atoms with E-state index in [4.69, 9.17) is 10.2 Å². The molecule has 3 aromatic rings. The van der Waals surface area contributed by atoms with Crippen LogP contribution in [0.1, 0.15) is 5.56 Å². The molecular weight excluding hydrogens is 400 g/mol. The van der Waals surface area contributed by atoms with Gasteiger partial charge in [-0.15, -0.1) is 0 Å². The molecule has 0 fully saturated rings. The second-order valence-electron chi connectivity index (χ2n) is 5.93. The van der Waals surface area contributed by atoms with E-state index in [1.165, 1.54) is 24.3 Å². The van der Waals surface area contributed by atoms with Gasteiger partial charge in [0.2, 0.25) is 10.0 Å². The maximum Gasteiger partial charge on any atom is 0.240 e. The van der Waals surface area contributed by atoms with Crippen molar-refractivity contribution in [2.45, 2.75) is 11.5 Å². The number of benzene rings is 3. The number of hydrogen-bond acceptors (Lipinski definition) is 5. The Bertz CT molecular complexity index is 1120. The molecule has 1 unspecified atom stereocenters. The van der Waals surface area contributed by atoms with E-state index in [1.54, 1.807) is 48.5 Å². The molecule has 28 heavy (non-hydrogen) atoms. The van der Waals surface area contributed by atoms with Crippen LogP contribution in [0.5, 0.6) is 0 Å². The number of aliphatic hydroxyl groups is 1. The lowest BCUT2D eigenvalue weighted by Crippen LogP contribution is -2.23. The van der Waals surface area contributed by atoms with E-state index in [-0.39, 0.29) is 22.9 Å². The van der Waals surface area contributed by atoms with Crippen LogP contribution in [-0.4, -0.2) is 22.3 Å². The van der Waals surface area contributed by atoms with Crippen LogP contribution in [0.15, 0.2) is 77.7 Å². The fourth-order valence-corrected chi connectivity index (χ4v) is 4.17. The van der Waals surface area contributed by atoms with Crippen LogP contribution < -0.4 is 9.44 Å². The minimum atomic E-state index is -4.13. The number of primary sulfonamides is 1. The molecule has 1 atom stereocenters. The Balaban J connectivity index is 2.11. The zero-order valence-corrected chi connectivity index (χ0v) is 16.2. The highest BCUT2D eigenvalue weighted by Crippen LogP contribution is 2.34. The summed E-state index contributed by atoms with van der Waals surface area (Å²) in [5.41, 5.74) is 2.49. The van der Waals surface area contributed by atoms with Crippen molar-refractivity contribution in [2.24, 2.45) is 5.14 Å². The van der Waals surface area contributed by atoms with Crippen molar-refractivity contribution in [2.75, 3.05) is 4.31 Å². The number of para-hydroxylation sites is 1. The van der Waals surface area contributed by atoms with Gasteiger partial charge in [0.25, 0.3) is 0 Å². The number of nitrogens with zero attached hydrogens (tertiary/aromatic N) is 1. The first-order valence-corrected chi connectivity index (χ1v) is 10.7. The molecule has 0 spiro atoms. The van der Waals surface area contributed by atoms with E-state index in [0.717, 1.165) is 21.0 Å². The Kier molecular flexibility index (Phi) is 5.92. The molecule has 0 aliphatic heterocycles. The Hall–Kier alpha value is -2.56. The lowest BCUT2D eigenvalue weighted by Gasteiger charge is -2.28. The van der Waals surface area contributed by atoms with Gasteiger partial charge in [0.15, 0.2) is 0 Å². The molecule has 0 amide bonds. The first-order chi connectivity index (χ1) is 13.3. The van der Waals surface area contributed by atoms with Gasteiger partial charge in [-0.25, -0.2) is 13.6 Å². The summed E-state index contributed by atoms with van der Waals surface area (Å²) in [5, 5.41) is 14.4.